The third kappa shape index (κ3) is 5.71. The third-order valence-corrected chi connectivity index (χ3v) is 7.30. The molecule has 0 unspecified atom stereocenters. The number of amides is 2. The Bertz CT molecular complexity index is 1260. The second kappa shape index (κ2) is 11.0. The molecule has 196 valence electrons. The number of rotatable bonds is 6. The van der Waals surface area contributed by atoms with Crippen LogP contribution in [-0.4, -0.2) is 73.1 Å². The molecule has 1 aliphatic carbocycles. The Kier molecular flexibility index (Phi) is 7.59. The number of halogens is 1. The van der Waals surface area contributed by atoms with E-state index < -0.39 is 5.91 Å². The first kappa shape index (κ1) is 25.4. The Morgan fingerprint density at radius 2 is 1.81 bits per heavy atom. The first-order valence-electron chi connectivity index (χ1n) is 12.6. The first-order valence-corrected chi connectivity index (χ1v) is 12.9. The van der Waals surface area contributed by atoms with Gasteiger partial charge in [0.05, 0.1) is 18.2 Å². The second-order valence-corrected chi connectivity index (χ2v) is 10.1. The van der Waals surface area contributed by atoms with Crippen LogP contribution in [-0.2, 0) is 9.53 Å². The SMILES string of the molecule is CN(C)C1CCC(C(=O)Nc2c(C(=O)Nc3ccc(Cl)cn3)oc3ccc(N4CCOCC4)nc23)CC1. The molecule has 3 aromatic rings. The number of morpholine rings is 1. The zero-order valence-corrected chi connectivity index (χ0v) is 21.8. The van der Waals surface area contributed by atoms with Crippen LogP contribution in [0.1, 0.15) is 36.2 Å². The summed E-state index contributed by atoms with van der Waals surface area (Å²) in [4.78, 5) is 39.9. The lowest BCUT2D eigenvalue weighted by Gasteiger charge is -2.31. The molecule has 10 nitrogen and oxygen atoms in total. The Labute approximate surface area is 220 Å². The molecule has 2 aliphatic rings. The molecule has 0 aromatic carbocycles. The monoisotopic (exact) mass is 526 g/mol. The molecule has 11 heteroatoms. The molecule has 37 heavy (non-hydrogen) atoms. The van der Waals surface area contributed by atoms with Gasteiger partial charge in [-0.2, -0.15) is 0 Å². The smallest absolute Gasteiger partial charge is 0.294 e. The largest absolute Gasteiger partial charge is 0.447 e. The van der Waals surface area contributed by atoms with E-state index in [2.05, 4.69) is 39.5 Å². The summed E-state index contributed by atoms with van der Waals surface area (Å²) in [5, 5.41) is 6.18. The van der Waals surface area contributed by atoms with Crippen molar-refractivity contribution in [2.24, 2.45) is 5.92 Å². The Morgan fingerprint density at radius 3 is 2.49 bits per heavy atom. The third-order valence-electron chi connectivity index (χ3n) is 7.08. The van der Waals surface area contributed by atoms with E-state index in [1.807, 2.05) is 6.07 Å². The van der Waals surface area contributed by atoms with E-state index in [1.165, 1.54) is 6.20 Å². The molecule has 0 bridgehead atoms. The van der Waals surface area contributed by atoms with Crippen LogP contribution in [0.4, 0.5) is 17.3 Å². The van der Waals surface area contributed by atoms with Crippen LogP contribution in [0.3, 0.4) is 0 Å². The average Bonchev–Trinajstić information content (AvgIpc) is 3.28. The number of aromatic nitrogens is 2. The molecule has 2 N–H and O–H groups in total. The number of pyridine rings is 2. The Balaban J connectivity index is 1.45. The van der Waals surface area contributed by atoms with Gasteiger partial charge in [0.15, 0.2) is 5.58 Å². The molecular formula is C26H31ClN6O4. The summed E-state index contributed by atoms with van der Waals surface area (Å²) in [6.07, 6.45) is 4.91. The Hall–Kier alpha value is -3.21. The molecule has 0 atom stereocenters. The number of carbonyl (C=O) groups is 2. The maximum atomic E-state index is 13.4. The summed E-state index contributed by atoms with van der Waals surface area (Å²) in [5.41, 5.74) is 1.13. The topological polar surface area (TPSA) is 113 Å². The predicted octanol–water partition coefficient (Wildman–Crippen LogP) is 4.02. The van der Waals surface area contributed by atoms with Crippen molar-refractivity contribution in [2.75, 3.05) is 55.9 Å². The van der Waals surface area contributed by atoms with Crippen molar-refractivity contribution in [3.05, 3.63) is 41.2 Å². The van der Waals surface area contributed by atoms with Crippen molar-refractivity contribution in [1.82, 2.24) is 14.9 Å². The van der Waals surface area contributed by atoms with Crippen molar-refractivity contribution in [1.29, 1.82) is 0 Å². The van der Waals surface area contributed by atoms with Gasteiger partial charge in [0.1, 0.15) is 22.8 Å². The highest BCUT2D eigenvalue weighted by Gasteiger charge is 2.30. The highest BCUT2D eigenvalue weighted by molar-refractivity contribution is 6.30. The van der Waals surface area contributed by atoms with Gasteiger partial charge in [-0.1, -0.05) is 11.6 Å². The number of furan rings is 1. The molecule has 0 spiro atoms. The van der Waals surface area contributed by atoms with Crippen molar-refractivity contribution in [2.45, 2.75) is 31.7 Å². The molecule has 5 rings (SSSR count). The average molecular weight is 527 g/mol. The van der Waals surface area contributed by atoms with Gasteiger partial charge in [-0.3, -0.25) is 9.59 Å². The molecule has 1 saturated carbocycles. The summed E-state index contributed by atoms with van der Waals surface area (Å²) in [6, 6.07) is 7.34. The normalized spacial score (nSPS) is 20.3. The summed E-state index contributed by atoms with van der Waals surface area (Å²) in [6.45, 7) is 2.66. The number of nitrogens with zero attached hydrogens (tertiary/aromatic N) is 4. The lowest BCUT2D eigenvalue weighted by atomic mass is 9.85. The standard InChI is InChI=1S/C26H31ClN6O4/c1-32(2)18-6-3-16(4-7-18)25(34)31-23-22-19(8-10-21(30-22)33-11-13-36-14-12-33)37-24(23)26(35)29-20-9-5-17(27)15-28-20/h5,8-10,15-16,18H,3-4,6-7,11-14H2,1-2H3,(H,31,34)(H,28,29,35). The van der Waals surface area contributed by atoms with E-state index in [0.29, 0.717) is 54.3 Å². The van der Waals surface area contributed by atoms with Crippen molar-refractivity contribution < 1.29 is 18.7 Å². The minimum absolute atomic E-state index is 0.0197. The van der Waals surface area contributed by atoms with Crippen LogP contribution in [0.25, 0.3) is 11.1 Å². The highest BCUT2D eigenvalue weighted by atomic mass is 35.5. The highest BCUT2D eigenvalue weighted by Crippen LogP contribution is 2.34. The van der Waals surface area contributed by atoms with E-state index in [4.69, 9.17) is 25.7 Å². The minimum atomic E-state index is -0.535. The van der Waals surface area contributed by atoms with E-state index in [0.717, 1.165) is 31.5 Å². The minimum Gasteiger partial charge on any atom is -0.447 e. The van der Waals surface area contributed by atoms with E-state index in [-0.39, 0.29) is 23.3 Å². The zero-order valence-electron chi connectivity index (χ0n) is 21.0. The molecule has 4 heterocycles. The fourth-order valence-corrected chi connectivity index (χ4v) is 5.02. The van der Waals surface area contributed by atoms with Crippen LogP contribution in [0.5, 0.6) is 0 Å². The fraction of sp³-hybridized carbons (Fsp3) is 0.462. The van der Waals surface area contributed by atoms with Gasteiger partial charge in [0.2, 0.25) is 11.7 Å². The molecule has 0 radical (unpaired) electrons. The molecule has 1 saturated heterocycles. The molecular weight excluding hydrogens is 496 g/mol. The maximum Gasteiger partial charge on any atom is 0.294 e. The second-order valence-electron chi connectivity index (χ2n) is 9.70. The van der Waals surface area contributed by atoms with Crippen LogP contribution in [0, 0.1) is 5.92 Å². The van der Waals surface area contributed by atoms with E-state index in [9.17, 15) is 9.59 Å². The maximum absolute atomic E-state index is 13.4. The number of carbonyl (C=O) groups excluding carboxylic acids is 2. The zero-order chi connectivity index (χ0) is 25.9. The van der Waals surface area contributed by atoms with Gasteiger partial charge in [-0.25, -0.2) is 9.97 Å². The molecule has 1 aliphatic heterocycles. The van der Waals surface area contributed by atoms with Gasteiger partial charge in [-0.05, 0) is 64.0 Å². The first-order chi connectivity index (χ1) is 17.9. The van der Waals surface area contributed by atoms with Crippen LogP contribution in [0.15, 0.2) is 34.9 Å². The number of hydrogen-bond acceptors (Lipinski definition) is 8. The van der Waals surface area contributed by atoms with Gasteiger partial charge in [0, 0.05) is 31.2 Å². The van der Waals surface area contributed by atoms with Gasteiger partial charge in [-0.15, -0.1) is 0 Å². The summed E-state index contributed by atoms with van der Waals surface area (Å²) in [7, 11) is 4.14. The van der Waals surface area contributed by atoms with Gasteiger partial charge in [0.25, 0.3) is 5.91 Å². The van der Waals surface area contributed by atoms with E-state index >= 15 is 0 Å². The quantitative estimate of drug-likeness (QED) is 0.495. The Morgan fingerprint density at radius 1 is 1.05 bits per heavy atom. The number of fused-ring (bicyclic) bond motifs is 1. The van der Waals surface area contributed by atoms with Gasteiger partial charge < -0.3 is 29.6 Å². The number of hydrogen-bond donors (Lipinski definition) is 2. The van der Waals surface area contributed by atoms with Gasteiger partial charge >= 0.3 is 0 Å². The molecule has 2 fully saturated rings. The van der Waals surface area contributed by atoms with Crippen LogP contribution < -0.4 is 15.5 Å². The molecule has 3 aromatic heterocycles. The fourth-order valence-electron chi connectivity index (χ4n) is 4.91. The van der Waals surface area contributed by atoms with Crippen LogP contribution >= 0.6 is 11.6 Å². The van der Waals surface area contributed by atoms with E-state index in [1.54, 1.807) is 18.2 Å². The van der Waals surface area contributed by atoms with Crippen molar-refractivity contribution in [3.63, 3.8) is 0 Å². The molecule has 2 amide bonds. The lowest BCUT2D eigenvalue weighted by molar-refractivity contribution is -0.121. The summed E-state index contributed by atoms with van der Waals surface area (Å²) >= 11 is 5.92. The number of nitrogens with one attached hydrogen (secondary N) is 2. The number of anilines is 3. The van der Waals surface area contributed by atoms with Crippen LogP contribution in [0.2, 0.25) is 5.02 Å². The van der Waals surface area contributed by atoms with Crippen molar-refractivity contribution >= 4 is 51.8 Å². The number of ether oxygens (including phenoxy) is 1. The summed E-state index contributed by atoms with van der Waals surface area (Å²) < 4.78 is 11.4. The lowest BCUT2D eigenvalue weighted by Crippen LogP contribution is -2.36. The van der Waals surface area contributed by atoms with Crippen molar-refractivity contribution in [3.8, 4) is 0 Å². The predicted molar refractivity (Wildman–Crippen MR) is 142 cm³/mol. The summed E-state index contributed by atoms with van der Waals surface area (Å²) in [5.74, 6) is 0.233.